The van der Waals surface area contributed by atoms with E-state index in [1.807, 2.05) is 7.05 Å². The molecule has 1 aliphatic rings. The second-order valence-electron chi connectivity index (χ2n) is 7.52. The van der Waals surface area contributed by atoms with Crippen LogP contribution in [0.5, 0.6) is 0 Å². The van der Waals surface area contributed by atoms with E-state index in [0.717, 1.165) is 25.6 Å². The second kappa shape index (κ2) is 14.2. The molecular weight excluding hydrogens is 449 g/mol. The summed E-state index contributed by atoms with van der Waals surface area (Å²) in [7, 11) is 6.04. The summed E-state index contributed by atoms with van der Waals surface area (Å²) in [6, 6.07) is 8.74. The van der Waals surface area contributed by atoms with Gasteiger partial charge in [-0.1, -0.05) is 37.1 Å². The number of aliphatic imine (C=N–C) groups is 1. The van der Waals surface area contributed by atoms with Gasteiger partial charge in [-0.05, 0) is 64.1 Å². The first-order valence-electron chi connectivity index (χ1n) is 10.1. The highest BCUT2D eigenvalue weighted by molar-refractivity contribution is 14.0. The van der Waals surface area contributed by atoms with E-state index in [2.05, 4.69) is 63.8 Å². The summed E-state index contributed by atoms with van der Waals surface area (Å²) >= 11 is 0. The predicted octanol–water partition coefficient (Wildman–Crippen LogP) is 3.30. The number of hydrogen-bond donors (Lipinski definition) is 2. The van der Waals surface area contributed by atoms with Crippen molar-refractivity contribution in [1.29, 1.82) is 0 Å². The van der Waals surface area contributed by atoms with Gasteiger partial charge >= 0.3 is 0 Å². The fourth-order valence-corrected chi connectivity index (χ4v) is 3.48. The molecular formula is C21H38IN5. The Morgan fingerprint density at radius 1 is 1.07 bits per heavy atom. The highest BCUT2D eigenvalue weighted by Gasteiger charge is 2.08. The van der Waals surface area contributed by atoms with Crippen molar-refractivity contribution in [3.8, 4) is 0 Å². The zero-order valence-electron chi connectivity index (χ0n) is 17.3. The molecule has 1 aromatic rings. The summed E-state index contributed by atoms with van der Waals surface area (Å²) < 4.78 is 0. The molecule has 0 saturated carbocycles. The third-order valence-corrected chi connectivity index (χ3v) is 4.82. The number of halogens is 1. The Morgan fingerprint density at radius 3 is 2.44 bits per heavy atom. The third kappa shape index (κ3) is 10.3. The Bertz CT molecular complexity index is 539. The van der Waals surface area contributed by atoms with Gasteiger partial charge in [0.1, 0.15) is 0 Å². The van der Waals surface area contributed by atoms with E-state index in [0.29, 0.717) is 0 Å². The first kappa shape index (κ1) is 24.2. The molecule has 6 heteroatoms. The predicted molar refractivity (Wildman–Crippen MR) is 127 cm³/mol. The zero-order chi connectivity index (χ0) is 18.6. The van der Waals surface area contributed by atoms with Gasteiger partial charge in [0, 0.05) is 26.7 Å². The number of hydrogen-bond acceptors (Lipinski definition) is 3. The van der Waals surface area contributed by atoms with E-state index >= 15 is 0 Å². The van der Waals surface area contributed by atoms with Crippen LogP contribution in [-0.4, -0.2) is 63.1 Å². The zero-order valence-corrected chi connectivity index (χ0v) is 19.7. The molecule has 2 N–H and O–H groups in total. The molecule has 0 spiro atoms. The van der Waals surface area contributed by atoms with Crippen molar-refractivity contribution >= 4 is 29.9 Å². The molecule has 0 atom stereocenters. The van der Waals surface area contributed by atoms with Gasteiger partial charge in [0.2, 0.25) is 0 Å². The molecule has 5 nitrogen and oxygen atoms in total. The minimum atomic E-state index is 0. The fourth-order valence-electron chi connectivity index (χ4n) is 3.48. The Hall–Kier alpha value is -0.860. The van der Waals surface area contributed by atoms with Gasteiger partial charge in [-0.2, -0.15) is 0 Å². The molecule has 0 amide bonds. The fraction of sp³-hybridized carbons (Fsp3) is 0.667. The van der Waals surface area contributed by atoms with Crippen molar-refractivity contribution in [2.24, 2.45) is 4.99 Å². The van der Waals surface area contributed by atoms with Crippen LogP contribution in [0, 0.1) is 0 Å². The summed E-state index contributed by atoms with van der Waals surface area (Å²) in [5.74, 6) is 0.888. The topological polar surface area (TPSA) is 42.9 Å². The van der Waals surface area contributed by atoms with Crippen LogP contribution < -0.4 is 10.6 Å². The molecule has 1 aliphatic heterocycles. The van der Waals surface area contributed by atoms with Crippen molar-refractivity contribution in [2.45, 2.75) is 45.2 Å². The standard InChI is InChI=1S/C21H37N5.HI/c1-22-21(23-12-9-15-26-13-6-4-5-7-14-26)24-17-19-10-8-11-20(16-19)18-25(2)3;/h8,10-11,16H,4-7,9,12-15,17-18H2,1-3H3,(H2,22,23,24);1H. The summed E-state index contributed by atoms with van der Waals surface area (Å²) in [4.78, 5) is 9.15. The maximum Gasteiger partial charge on any atom is 0.191 e. The Kier molecular flexibility index (Phi) is 12.7. The lowest BCUT2D eigenvalue weighted by Crippen LogP contribution is -2.38. The first-order valence-corrected chi connectivity index (χ1v) is 10.1. The quantitative estimate of drug-likeness (QED) is 0.256. The lowest BCUT2D eigenvalue weighted by atomic mass is 10.1. The molecule has 1 fully saturated rings. The van der Waals surface area contributed by atoms with Crippen LogP contribution >= 0.6 is 24.0 Å². The molecule has 1 heterocycles. The second-order valence-corrected chi connectivity index (χ2v) is 7.52. The van der Waals surface area contributed by atoms with Crippen LogP contribution in [0.2, 0.25) is 0 Å². The van der Waals surface area contributed by atoms with Crippen LogP contribution in [0.1, 0.15) is 43.2 Å². The number of guanidine groups is 1. The number of nitrogens with zero attached hydrogens (tertiary/aromatic N) is 3. The van der Waals surface area contributed by atoms with E-state index in [-0.39, 0.29) is 24.0 Å². The van der Waals surface area contributed by atoms with Crippen LogP contribution in [-0.2, 0) is 13.1 Å². The molecule has 2 rings (SSSR count). The van der Waals surface area contributed by atoms with Gasteiger partial charge < -0.3 is 20.4 Å². The van der Waals surface area contributed by atoms with Crippen LogP contribution in [0.4, 0.5) is 0 Å². The molecule has 0 aromatic heterocycles. The molecule has 1 saturated heterocycles. The SMILES string of the molecule is CN=C(NCCCN1CCCCCC1)NCc1cccc(CN(C)C)c1.I. The lowest BCUT2D eigenvalue weighted by molar-refractivity contribution is 0.282. The highest BCUT2D eigenvalue weighted by atomic mass is 127. The monoisotopic (exact) mass is 487 g/mol. The van der Waals surface area contributed by atoms with E-state index in [9.17, 15) is 0 Å². The Balaban J connectivity index is 0.00000364. The van der Waals surface area contributed by atoms with Crippen LogP contribution in [0.3, 0.4) is 0 Å². The third-order valence-electron chi connectivity index (χ3n) is 4.82. The molecule has 0 radical (unpaired) electrons. The average molecular weight is 487 g/mol. The normalized spacial score (nSPS) is 15.9. The van der Waals surface area contributed by atoms with Crippen molar-refractivity contribution in [2.75, 3.05) is 47.3 Å². The van der Waals surface area contributed by atoms with Gasteiger partial charge in [-0.3, -0.25) is 4.99 Å². The summed E-state index contributed by atoms with van der Waals surface area (Å²) in [5, 5.41) is 6.87. The van der Waals surface area contributed by atoms with E-state index in [1.165, 1.54) is 62.9 Å². The summed E-state index contributed by atoms with van der Waals surface area (Å²) in [6.07, 6.45) is 6.70. The molecule has 1 aromatic carbocycles. The Morgan fingerprint density at radius 2 is 1.78 bits per heavy atom. The number of rotatable bonds is 8. The minimum Gasteiger partial charge on any atom is -0.356 e. The summed E-state index contributed by atoms with van der Waals surface area (Å²) in [5.41, 5.74) is 2.63. The van der Waals surface area contributed by atoms with Gasteiger partial charge in [-0.15, -0.1) is 24.0 Å². The van der Waals surface area contributed by atoms with Crippen molar-refractivity contribution < 1.29 is 0 Å². The molecule has 154 valence electrons. The van der Waals surface area contributed by atoms with Crippen LogP contribution in [0.25, 0.3) is 0 Å². The maximum absolute atomic E-state index is 4.35. The number of benzene rings is 1. The Labute approximate surface area is 183 Å². The van der Waals surface area contributed by atoms with Crippen molar-refractivity contribution in [3.05, 3.63) is 35.4 Å². The van der Waals surface area contributed by atoms with Gasteiger partial charge in [0.05, 0.1) is 0 Å². The number of nitrogens with one attached hydrogen (secondary N) is 2. The van der Waals surface area contributed by atoms with E-state index in [1.54, 1.807) is 0 Å². The molecule has 0 unspecified atom stereocenters. The lowest BCUT2D eigenvalue weighted by Gasteiger charge is -2.20. The first-order chi connectivity index (χ1) is 12.7. The summed E-state index contributed by atoms with van der Waals surface area (Å²) in [6.45, 7) is 6.48. The molecule has 27 heavy (non-hydrogen) atoms. The van der Waals surface area contributed by atoms with Gasteiger partial charge in [0.25, 0.3) is 0 Å². The number of likely N-dealkylation sites (tertiary alicyclic amines) is 1. The average Bonchev–Trinajstić information content (AvgIpc) is 2.90. The van der Waals surface area contributed by atoms with E-state index in [4.69, 9.17) is 0 Å². The van der Waals surface area contributed by atoms with Crippen molar-refractivity contribution in [3.63, 3.8) is 0 Å². The maximum atomic E-state index is 4.35. The van der Waals surface area contributed by atoms with Gasteiger partial charge in [0.15, 0.2) is 5.96 Å². The van der Waals surface area contributed by atoms with Crippen molar-refractivity contribution in [1.82, 2.24) is 20.4 Å². The molecule has 0 aliphatic carbocycles. The highest BCUT2D eigenvalue weighted by Crippen LogP contribution is 2.09. The van der Waals surface area contributed by atoms with Crippen LogP contribution in [0.15, 0.2) is 29.3 Å². The van der Waals surface area contributed by atoms with Gasteiger partial charge in [-0.25, -0.2) is 0 Å². The largest absolute Gasteiger partial charge is 0.356 e. The minimum absolute atomic E-state index is 0. The molecule has 0 bridgehead atoms. The smallest absolute Gasteiger partial charge is 0.191 e. The van der Waals surface area contributed by atoms with E-state index < -0.39 is 0 Å².